The van der Waals surface area contributed by atoms with E-state index < -0.39 is 0 Å². The fourth-order valence-corrected chi connectivity index (χ4v) is 3.08. The molecule has 1 aromatic heterocycles. The lowest BCUT2D eigenvalue weighted by Crippen LogP contribution is -2.32. The van der Waals surface area contributed by atoms with E-state index in [1.54, 1.807) is 6.08 Å². The summed E-state index contributed by atoms with van der Waals surface area (Å²) in [5.74, 6) is -0.291. The maximum atomic E-state index is 11.9. The normalized spacial score (nSPS) is 10.6. The highest BCUT2D eigenvalue weighted by molar-refractivity contribution is 7.80. The summed E-state index contributed by atoms with van der Waals surface area (Å²) in [4.78, 5) is 16.4. The summed E-state index contributed by atoms with van der Waals surface area (Å²) in [7, 11) is 0. The molecule has 0 saturated carbocycles. The first-order chi connectivity index (χ1) is 12.2. The van der Waals surface area contributed by atoms with Gasteiger partial charge in [-0.05, 0) is 23.9 Å². The molecule has 1 heterocycles. The highest BCUT2D eigenvalue weighted by Crippen LogP contribution is 2.24. The van der Waals surface area contributed by atoms with Crippen LogP contribution in [0.4, 0.5) is 5.13 Å². The third-order valence-corrected chi connectivity index (χ3v) is 4.22. The highest BCUT2D eigenvalue weighted by Gasteiger charge is 2.07. The first-order valence-corrected chi connectivity index (χ1v) is 8.85. The SMILES string of the molecule is O=C(/C=C/c1ccccc1)NC(=S)Nc1nc(-c2ccccc2)cs1. The maximum absolute atomic E-state index is 11.9. The van der Waals surface area contributed by atoms with Crippen LogP contribution in [0.2, 0.25) is 0 Å². The molecule has 25 heavy (non-hydrogen) atoms. The summed E-state index contributed by atoms with van der Waals surface area (Å²) in [6, 6.07) is 19.5. The number of thiazole rings is 1. The quantitative estimate of drug-likeness (QED) is 0.533. The van der Waals surface area contributed by atoms with Gasteiger partial charge >= 0.3 is 0 Å². The van der Waals surface area contributed by atoms with E-state index in [1.165, 1.54) is 17.4 Å². The fraction of sp³-hybridized carbons (Fsp3) is 0. The maximum Gasteiger partial charge on any atom is 0.250 e. The number of carbonyl (C=O) groups excluding carboxylic acids is 1. The molecule has 0 atom stereocenters. The van der Waals surface area contributed by atoms with E-state index in [4.69, 9.17) is 12.2 Å². The van der Waals surface area contributed by atoms with Crippen molar-refractivity contribution in [3.8, 4) is 11.3 Å². The molecule has 3 aromatic rings. The molecule has 1 amide bonds. The van der Waals surface area contributed by atoms with E-state index in [9.17, 15) is 4.79 Å². The van der Waals surface area contributed by atoms with Gasteiger partial charge in [-0.1, -0.05) is 60.7 Å². The number of rotatable bonds is 4. The first-order valence-electron chi connectivity index (χ1n) is 7.57. The molecular formula is C19H15N3OS2. The number of benzene rings is 2. The smallest absolute Gasteiger partial charge is 0.250 e. The third-order valence-electron chi connectivity index (χ3n) is 3.26. The minimum absolute atomic E-state index is 0.219. The summed E-state index contributed by atoms with van der Waals surface area (Å²) < 4.78 is 0. The Kier molecular flexibility index (Phi) is 5.66. The predicted octanol–water partition coefficient (Wildman–Crippen LogP) is 4.34. The fourth-order valence-electron chi connectivity index (χ4n) is 2.09. The minimum atomic E-state index is -0.291. The monoisotopic (exact) mass is 365 g/mol. The van der Waals surface area contributed by atoms with Crippen LogP contribution in [0, 0.1) is 0 Å². The van der Waals surface area contributed by atoms with Crippen LogP contribution in [-0.2, 0) is 4.79 Å². The molecule has 2 N–H and O–H groups in total. The number of thiocarbonyl (C=S) groups is 1. The van der Waals surface area contributed by atoms with Crippen LogP contribution < -0.4 is 10.6 Å². The molecule has 0 saturated heterocycles. The van der Waals surface area contributed by atoms with Crippen LogP contribution in [-0.4, -0.2) is 16.0 Å². The molecule has 0 aliphatic rings. The van der Waals surface area contributed by atoms with Crippen LogP contribution in [0.25, 0.3) is 17.3 Å². The number of anilines is 1. The molecule has 0 aliphatic heterocycles. The van der Waals surface area contributed by atoms with Crippen molar-refractivity contribution < 1.29 is 4.79 Å². The predicted molar refractivity (Wildman–Crippen MR) is 107 cm³/mol. The number of amides is 1. The van der Waals surface area contributed by atoms with Crippen LogP contribution in [0.5, 0.6) is 0 Å². The standard InChI is InChI=1S/C19H15N3OS2/c23-17(12-11-14-7-3-1-4-8-14)21-18(24)22-19-20-16(13-25-19)15-9-5-2-6-10-15/h1-13H,(H2,20,21,22,23,24)/b12-11+. The van der Waals surface area contributed by atoms with Crippen molar-refractivity contribution in [3.63, 3.8) is 0 Å². The molecule has 0 bridgehead atoms. The van der Waals surface area contributed by atoms with Gasteiger partial charge in [-0.25, -0.2) is 4.98 Å². The van der Waals surface area contributed by atoms with Crippen molar-refractivity contribution >= 4 is 45.8 Å². The lowest BCUT2D eigenvalue weighted by atomic mass is 10.2. The van der Waals surface area contributed by atoms with Crippen molar-refractivity contribution in [1.82, 2.24) is 10.3 Å². The molecule has 0 fully saturated rings. The van der Waals surface area contributed by atoms with Gasteiger partial charge < -0.3 is 5.32 Å². The van der Waals surface area contributed by atoms with Crippen molar-refractivity contribution in [2.24, 2.45) is 0 Å². The summed E-state index contributed by atoms with van der Waals surface area (Å²) in [5, 5.41) is 8.34. The average molecular weight is 365 g/mol. The Labute approximate surface area is 155 Å². The number of aromatic nitrogens is 1. The van der Waals surface area contributed by atoms with Gasteiger partial charge in [-0.15, -0.1) is 11.3 Å². The van der Waals surface area contributed by atoms with Crippen LogP contribution in [0.15, 0.2) is 72.1 Å². The molecule has 6 heteroatoms. The number of nitrogens with one attached hydrogen (secondary N) is 2. The Bertz CT molecular complexity index is 889. The Morgan fingerprint density at radius 1 is 1.04 bits per heavy atom. The van der Waals surface area contributed by atoms with Crippen molar-refractivity contribution in [1.29, 1.82) is 0 Å². The van der Waals surface area contributed by atoms with Gasteiger partial charge in [0.1, 0.15) is 0 Å². The van der Waals surface area contributed by atoms with Crippen LogP contribution >= 0.6 is 23.6 Å². The van der Waals surface area contributed by atoms with Gasteiger partial charge in [0.05, 0.1) is 5.69 Å². The molecule has 0 unspecified atom stereocenters. The van der Waals surface area contributed by atoms with Gasteiger partial charge in [0, 0.05) is 17.0 Å². The Morgan fingerprint density at radius 2 is 1.72 bits per heavy atom. The van der Waals surface area contributed by atoms with Crippen LogP contribution in [0.1, 0.15) is 5.56 Å². The summed E-state index contributed by atoms with van der Waals surface area (Å²) >= 11 is 6.59. The van der Waals surface area contributed by atoms with Gasteiger partial charge in [-0.2, -0.15) is 0 Å². The molecule has 0 spiro atoms. The number of nitrogens with zero attached hydrogens (tertiary/aromatic N) is 1. The van der Waals surface area contributed by atoms with E-state index in [0.29, 0.717) is 5.13 Å². The highest BCUT2D eigenvalue weighted by atomic mass is 32.1. The molecular weight excluding hydrogens is 350 g/mol. The van der Waals surface area contributed by atoms with Gasteiger partial charge in [0.25, 0.3) is 0 Å². The van der Waals surface area contributed by atoms with Gasteiger partial charge in [0.2, 0.25) is 5.91 Å². The van der Waals surface area contributed by atoms with E-state index >= 15 is 0 Å². The van der Waals surface area contributed by atoms with Crippen molar-refractivity contribution in [3.05, 3.63) is 77.7 Å². The molecule has 3 rings (SSSR count). The van der Waals surface area contributed by atoms with Crippen molar-refractivity contribution in [2.75, 3.05) is 5.32 Å². The lowest BCUT2D eigenvalue weighted by molar-refractivity contribution is -0.115. The van der Waals surface area contributed by atoms with E-state index in [0.717, 1.165) is 16.8 Å². The Balaban J connectivity index is 1.55. The summed E-state index contributed by atoms with van der Waals surface area (Å²) in [6.45, 7) is 0. The first kappa shape index (κ1) is 17.0. The molecule has 0 aliphatic carbocycles. The zero-order valence-electron chi connectivity index (χ0n) is 13.2. The van der Waals surface area contributed by atoms with E-state index in [-0.39, 0.29) is 11.0 Å². The van der Waals surface area contributed by atoms with E-state index in [2.05, 4.69) is 15.6 Å². The van der Waals surface area contributed by atoms with Crippen molar-refractivity contribution in [2.45, 2.75) is 0 Å². The second kappa shape index (κ2) is 8.32. The molecule has 124 valence electrons. The zero-order chi connectivity index (χ0) is 17.5. The Hall–Kier alpha value is -2.83. The second-order valence-corrected chi connectivity index (χ2v) is 6.36. The zero-order valence-corrected chi connectivity index (χ0v) is 14.8. The topological polar surface area (TPSA) is 54.0 Å². The third kappa shape index (κ3) is 5.07. The molecule has 2 aromatic carbocycles. The van der Waals surface area contributed by atoms with Gasteiger partial charge in [0.15, 0.2) is 10.2 Å². The second-order valence-electron chi connectivity index (χ2n) is 5.09. The summed E-state index contributed by atoms with van der Waals surface area (Å²) in [5.41, 5.74) is 2.85. The van der Waals surface area contributed by atoms with E-state index in [1.807, 2.05) is 66.0 Å². The molecule has 4 nitrogen and oxygen atoms in total. The largest absolute Gasteiger partial charge is 0.308 e. The Morgan fingerprint density at radius 3 is 2.44 bits per heavy atom. The van der Waals surface area contributed by atoms with Gasteiger partial charge in [-0.3, -0.25) is 10.1 Å². The minimum Gasteiger partial charge on any atom is -0.308 e. The molecule has 0 radical (unpaired) electrons. The lowest BCUT2D eigenvalue weighted by Gasteiger charge is -2.04. The number of carbonyl (C=O) groups is 1. The number of hydrogen-bond donors (Lipinski definition) is 2. The van der Waals surface area contributed by atoms with Crippen LogP contribution in [0.3, 0.4) is 0 Å². The number of hydrogen-bond acceptors (Lipinski definition) is 4. The summed E-state index contributed by atoms with van der Waals surface area (Å²) in [6.07, 6.45) is 3.18. The average Bonchev–Trinajstić information content (AvgIpc) is 3.10.